The zero-order valence-corrected chi connectivity index (χ0v) is 18.6. The Bertz CT molecular complexity index is 711. The Morgan fingerprint density at radius 1 is 1.26 bits per heavy atom. The molecule has 8 heteroatoms. The van der Waals surface area contributed by atoms with Gasteiger partial charge in [-0.2, -0.15) is 0 Å². The Morgan fingerprint density at radius 3 is 2.81 bits per heavy atom. The van der Waals surface area contributed by atoms with Crippen molar-refractivity contribution in [2.45, 2.75) is 45.6 Å². The quantitative estimate of drug-likeness (QED) is 0.282. The average molecular weight is 486 g/mol. The second-order valence-electron chi connectivity index (χ2n) is 6.53. The van der Waals surface area contributed by atoms with Gasteiger partial charge in [-0.1, -0.05) is 6.07 Å². The Morgan fingerprint density at radius 2 is 2.07 bits per heavy atom. The van der Waals surface area contributed by atoms with Crippen LogP contribution in [0.4, 0.5) is 0 Å². The van der Waals surface area contributed by atoms with Crippen molar-refractivity contribution >= 4 is 35.6 Å². The molecule has 0 spiro atoms. The number of ether oxygens (including phenoxy) is 1. The van der Waals surface area contributed by atoms with Crippen LogP contribution in [0.25, 0.3) is 5.65 Å². The van der Waals surface area contributed by atoms with E-state index in [9.17, 15) is 0 Å². The molecular formula is C19H31IN6O. The number of hydrogen-bond acceptors (Lipinski definition) is 4. The number of aromatic nitrogens is 3. The highest BCUT2D eigenvalue weighted by Gasteiger charge is 2.21. The first kappa shape index (κ1) is 21.9. The van der Waals surface area contributed by atoms with Crippen LogP contribution < -0.4 is 5.32 Å². The molecule has 0 amide bonds. The van der Waals surface area contributed by atoms with Gasteiger partial charge in [-0.25, -0.2) is 0 Å². The van der Waals surface area contributed by atoms with Crippen LogP contribution in [0, 0.1) is 0 Å². The van der Waals surface area contributed by atoms with Crippen molar-refractivity contribution in [2.24, 2.45) is 4.99 Å². The van der Waals surface area contributed by atoms with Gasteiger partial charge in [0.15, 0.2) is 11.6 Å². The van der Waals surface area contributed by atoms with E-state index in [0.717, 1.165) is 75.9 Å². The summed E-state index contributed by atoms with van der Waals surface area (Å²) in [5.74, 6) is 2.02. The number of guanidine groups is 1. The first-order valence-electron chi connectivity index (χ1n) is 9.75. The van der Waals surface area contributed by atoms with Crippen molar-refractivity contribution in [3.8, 4) is 0 Å². The fourth-order valence-corrected chi connectivity index (χ4v) is 3.38. The van der Waals surface area contributed by atoms with Crippen LogP contribution in [-0.4, -0.2) is 64.3 Å². The van der Waals surface area contributed by atoms with Gasteiger partial charge in [0.05, 0.1) is 6.10 Å². The smallest absolute Gasteiger partial charge is 0.193 e. The average Bonchev–Trinajstić information content (AvgIpc) is 3.08. The maximum absolute atomic E-state index is 5.74. The minimum atomic E-state index is 0. The molecule has 1 aliphatic rings. The number of pyridine rings is 1. The molecule has 3 heterocycles. The third-order valence-electron chi connectivity index (χ3n) is 4.68. The summed E-state index contributed by atoms with van der Waals surface area (Å²) in [6.07, 6.45) is 6.40. The molecule has 27 heavy (non-hydrogen) atoms. The van der Waals surface area contributed by atoms with Crippen LogP contribution in [-0.2, 0) is 11.2 Å². The number of fused-ring (bicyclic) bond motifs is 1. The van der Waals surface area contributed by atoms with Crippen molar-refractivity contribution in [1.82, 2.24) is 24.8 Å². The molecule has 7 nitrogen and oxygen atoms in total. The standard InChI is InChI=1S/C19H30N6O.HI/c1-3-20-19(24-14-10-16(11-15-24)26-4-2)21-12-7-9-18-23-22-17-8-5-6-13-25(17)18;/h5-6,8,13,16H,3-4,7,9-12,14-15H2,1-2H3,(H,20,21);1H. The Balaban J connectivity index is 0.00000261. The molecule has 150 valence electrons. The van der Waals surface area contributed by atoms with Gasteiger partial charge in [0.1, 0.15) is 5.82 Å². The van der Waals surface area contributed by atoms with Gasteiger partial charge in [0.25, 0.3) is 0 Å². The normalized spacial score (nSPS) is 15.8. The molecular weight excluding hydrogens is 455 g/mol. The zero-order valence-electron chi connectivity index (χ0n) is 16.3. The summed E-state index contributed by atoms with van der Waals surface area (Å²) in [6, 6.07) is 5.96. The molecule has 2 aromatic rings. The Labute approximate surface area is 178 Å². The third kappa shape index (κ3) is 6.03. The van der Waals surface area contributed by atoms with E-state index < -0.39 is 0 Å². The maximum atomic E-state index is 5.74. The van der Waals surface area contributed by atoms with Crippen LogP contribution in [0.1, 0.15) is 38.9 Å². The third-order valence-corrected chi connectivity index (χ3v) is 4.68. The van der Waals surface area contributed by atoms with Gasteiger partial charge in [-0.3, -0.25) is 9.39 Å². The molecule has 2 aromatic heterocycles. The van der Waals surface area contributed by atoms with Crippen molar-refractivity contribution in [2.75, 3.05) is 32.8 Å². The predicted molar refractivity (Wildman–Crippen MR) is 119 cm³/mol. The summed E-state index contributed by atoms with van der Waals surface area (Å²) in [5.41, 5.74) is 0.900. The largest absolute Gasteiger partial charge is 0.378 e. The highest BCUT2D eigenvalue weighted by molar-refractivity contribution is 14.0. The van der Waals surface area contributed by atoms with Gasteiger partial charge < -0.3 is 15.0 Å². The number of aryl methyl sites for hydroxylation is 1. The molecule has 1 fully saturated rings. The number of piperidine rings is 1. The summed E-state index contributed by atoms with van der Waals surface area (Å²) in [4.78, 5) is 7.17. The molecule has 0 bridgehead atoms. The fourth-order valence-electron chi connectivity index (χ4n) is 3.38. The predicted octanol–water partition coefficient (Wildman–Crippen LogP) is 2.75. The van der Waals surface area contributed by atoms with E-state index in [0.29, 0.717) is 6.10 Å². The van der Waals surface area contributed by atoms with Gasteiger partial charge in [0, 0.05) is 45.4 Å². The van der Waals surface area contributed by atoms with Gasteiger partial charge in [0.2, 0.25) is 0 Å². The highest BCUT2D eigenvalue weighted by Crippen LogP contribution is 2.14. The zero-order chi connectivity index (χ0) is 18.2. The molecule has 3 rings (SSSR count). The van der Waals surface area contributed by atoms with E-state index in [1.807, 2.05) is 28.8 Å². The van der Waals surface area contributed by atoms with Crippen molar-refractivity contribution in [3.63, 3.8) is 0 Å². The van der Waals surface area contributed by atoms with Gasteiger partial charge in [-0.15, -0.1) is 34.2 Å². The minimum absolute atomic E-state index is 0. The number of halogens is 1. The van der Waals surface area contributed by atoms with Crippen molar-refractivity contribution < 1.29 is 4.74 Å². The van der Waals surface area contributed by atoms with E-state index in [1.165, 1.54) is 0 Å². The topological polar surface area (TPSA) is 67.0 Å². The molecule has 0 radical (unpaired) electrons. The van der Waals surface area contributed by atoms with Gasteiger partial charge in [-0.05, 0) is 45.2 Å². The first-order chi connectivity index (χ1) is 12.8. The Kier molecular flexibility index (Phi) is 9.26. The lowest BCUT2D eigenvalue weighted by Crippen LogP contribution is -2.47. The summed E-state index contributed by atoms with van der Waals surface area (Å²) in [5, 5.41) is 11.9. The molecule has 0 saturated carbocycles. The summed E-state index contributed by atoms with van der Waals surface area (Å²) in [7, 11) is 0. The second kappa shape index (κ2) is 11.4. The fraction of sp³-hybridized carbons (Fsp3) is 0.632. The van der Waals surface area contributed by atoms with E-state index in [-0.39, 0.29) is 24.0 Å². The molecule has 1 N–H and O–H groups in total. The second-order valence-corrected chi connectivity index (χ2v) is 6.53. The number of likely N-dealkylation sites (tertiary alicyclic amines) is 1. The summed E-state index contributed by atoms with van der Waals surface area (Å²) in [6.45, 7) is 8.67. The van der Waals surface area contributed by atoms with Crippen LogP contribution in [0.15, 0.2) is 29.4 Å². The number of hydrogen-bond donors (Lipinski definition) is 1. The lowest BCUT2D eigenvalue weighted by Gasteiger charge is -2.34. The monoisotopic (exact) mass is 486 g/mol. The molecule has 0 atom stereocenters. The summed E-state index contributed by atoms with van der Waals surface area (Å²) >= 11 is 0. The van der Waals surface area contributed by atoms with E-state index in [2.05, 4.69) is 34.3 Å². The molecule has 1 aliphatic heterocycles. The maximum Gasteiger partial charge on any atom is 0.193 e. The van der Waals surface area contributed by atoms with E-state index in [4.69, 9.17) is 9.73 Å². The number of aliphatic imine (C=N–C) groups is 1. The minimum Gasteiger partial charge on any atom is -0.378 e. The van der Waals surface area contributed by atoms with Crippen LogP contribution in [0.3, 0.4) is 0 Å². The molecule has 1 saturated heterocycles. The number of nitrogens with zero attached hydrogens (tertiary/aromatic N) is 5. The van der Waals surface area contributed by atoms with E-state index in [1.54, 1.807) is 0 Å². The molecule has 0 aliphatic carbocycles. The number of rotatable bonds is 7. The van der Waals surface area contributed by atoms with Crippen LogP contribution in [0.5, 0.6) is 0 Å². The SMILES string of the molecule is CCNC(=NCCCc1nnc2ccccn12)N1CCC(OCC)CC1.I. The Hall–Kier alpha value is -1.42. The number of nitrogens with one attached hydrogen (secondary N) is 1. The van der Waals surface area contributed by atoms with Crippen molar-refractivity contribution in [1.29, 1.82) is 0 Å². The van der Waals surface area contributed by atoms with Gasteiger partial charge >= 0.3 is 0 Å². The lowest BCUT2D eigenvalue weighted by molar-refractivity contribution is 0.0264. The first-order valence-corrected chi connectivity index (χ1v) is 9.75. The van der Waals surface area contributed by atoms with E-state index >= 15 is 0 Å². The summed E-state index contributed by atoms with van der Waals surface area (Å²) < 4.78 is 7.79. The highest BCUT2D eigenvalue weighted by atomic mass is 127. The lowest BCUT2D eigenvalue weighted by atomic mass is 10.1. The molecule has 0 unspecified atom stereocenters. The molecule has 0 aromatic carbocycles. The van der Waals surface area contributed by atoms with Crippen LogP contribution >= 0.6 is 24.0 Å². The van der Waals surface area contributed by atoms with Crippen molar-refractivity contribution in [3.05, 3.63) is 30.2 Å². The van der Waals surface area contributed by atoms with Crippen LogP contribution in [0.2, 0.25) is 0 Å².